The van der Waals surface area contributed by atoms with E-state index in [1.807, 2.05) is 6.07 Å². The third-order valence-corrected chi connectivity index (χ3v) is 1.77. The lowest BCUT2D eigenvalue weighted by Crippen LogP contribution is -2.06. The molecule has 1 rings (SSSR count). The highest BCUT2D eigenvalue weighted by Gasteiger charge is 2.32. The molecule has 0 aliphatic heterocycles. The fraction of sp³-hybridized carbons (Fsp3) is 0.500. The predicted octanol–water partition coefficient (Wildman–Crippen LogP) is 2.38. The molecule has 0 N–H and O–H groups in total. The molecule has 0 aliphatic rings. The van der Waals surface area contributed by atoms with E-state index in [9.17, 15) is 13.2 Å². The Morgan fingerprint density at radius 1 is 1.64 bits per heavy atom. The molecule has 1 aromatic heterocycles. The number of nitriles is 1. The number of hydrogen-bond donors (Lipinski definition) is 0. The molecule has 1 heterocycles. The Bertz CT molecular complexity index is 347. The van der Waals surface area contributed by atoms with Crippen molar-refractivity contribution in [3.05, 3.63) is 18.0 Å². The zero-order valence-electron chi connectivity index (χ0n) is 7.41. The van der Waals surface area contributed by atoms with Crippen LogP contribution in [0.25, 0.3) is 0 Å². The van der Waals surface area contributed by atoms with E-state index >= 15 is 0 Å². The Kier molecular flexibility index (Phi) is 2.79. The average Bonchev–Trinajstić information content (AvgIpc) is 2.51. The van der Waals surface area contributed by atoms with Gasteiger partial charge >= 0.3 is 6.18 Å². The fourth-order valence-corrected chi connectivity index (χ4v) is 0.951. The molecule has 0 fully saturated rings. The lowest BCUT2D eigenvalue weighted by molar-refractivity contribution is -0.137. The summed E-state index contributed by atoms with van der Waals surface area (Å²) in [6, 6.07) is 1.53. The zero-order chi connectivity index (χ0) is 10.8. The molecule has 0 aliphatic carbocycles. The first-order valence-corrected chi connectivity index (χ1v) is 3.93. The van der Waals surface area contributed by atoms with E-state index in [4.69, 9.17) is 5.26 Å². The molecule has 0 radical (unpaired) electrons. The molecule has 6 heteroatoms. The summed E-state index contributed by atoms with van der Waals surface area (Å²) >= 11 is 0. The molecule has 0 saturated carbocycles. The molecule has 76 valence electrons. The third kappa shape index (κ3) is 2.25. The molecule has 3 nitrogen and oxygen atoms in total. The van der Waals surface area contributed by atoms with Gasteiger partial charge in [0.25, 0.3) is 0 Å². The molecule has 0 saturated heterocycles. The summed E-state index contributed by atoms with van der Waals surface area (Å²) in [6.45, 7) is 1.64. The zero-order valence-corrected chi connectivity index (χ0v) is 7.41. The summed E-state index contributed by atoms with van der Waals surface area (Å²) < 4.78 is 37.5. The number of alkyl halides is 3. The normalized spacial score (nSPS) is 13.6. The second-order valence-corrected chi connectivity index (χ2v) is 2.92. The summed E-state index contributed by atoms with van der Waals surface area (Å²) in [7, 11) is 0. The van der Waals surface area contributed by atoms with Crippen LogP contribution in [-0.2, 0) is 6.18 Å². The van der Waals surface area contributed by atoms with Gasteiger partial charge in [-0.25, -0.2) is 0 Å². The van der Waals surface area contributed by atoms with Crippen LogP contribution in [0.2, 0.25) is 0 Å². The summed E-state index contributed by atoms with van der Waals surface area (Å²) in [5.74, 6) is 0. The summed E-state index contributed by atoms with van der Waals surface area (Å²) in [4.78, 5) is 0. The van der Waals surface area contributed by atoms with Gasteiger partial charge in [0.15, 0.2) is 0 Å². The van der Waals surface area contributed by atoms with Crippen molar-refractivity contribution in [3.63, 3.8) is 0 Å². The maximum Gasteiger partial charge on any atom is 0.419 e. The van der Waals surface area contributed by atoms with Gasteiger partial charge in [-0.2, -0.15) is 23.5 Å². The largest absolute Gasteiger partial charge is 0.419 e. The van der Waals surface area contributed by atoms with Crippen LogP contribution < -0.4 is 0 Å². The lowest BCUT2D eigenvalue weighted by Gasteiger charge is -2.06. The van der Waals surface area contributed by atoms with Crippen molar-refractivity contribution in [1.29, 1.82) is 5.26 Å². The Labute approximate surface area is 78.8 Å². The van der Waals surface area contributed by atoms with Crippen LogP contribution in [0.3, 0.4) is 0 Å². The van der Waals surface area contributed by atoms with E-state index in [0.29, 0.717) is 0 Å². The highest BCUT2D eigenvalue weighted by atomic mass is 19.4. The van der Waals surface area contributed by atoms with Crippen molar-refractivity contribution in [2.75, 3.05) is 0 Å². The monoisotopic (exact) mass is 203 g/mol. The van der Waals surface area contributed by atoms with Crippen LogP contribution in [0.4, 0.5) is 13.2 Å². The summed E-state index contributed by atoms with van der Waals surface area (Å²) in [5, 5.41) is 11.9. The minimum absolute atomic E-state index is 0.138. The van der Waals surface area contributed by atoms with Crippen LogP contribution in [-0.4, -0.2) is 9.78 Å². The Balaban J connectivity index is 2.84. The summed E-state index contributed by atoms with van der Waals surface area (Å²) in [6.07, 6.45) is -2.57. The minimum Gasteiger partial charge on any atom is -0.268 e. The van der Waals surface area contributed by atoms with E-state index in [2.05, 4.69) is 5.10 Å². The quantitative estimate of drug-likeness (QED) is 0.740. The smallest absolute Gasteiger partial charge is 0.268 e. The Morgan fingerprint density at radius 3 is 2.71 bits per heavy atom. The van der Waals surface area contributed by atoms with Crippen molar-refractivity contribution in [1.82, 2.24) is 9.78 Å². The molecule has 14 heavy (non-hydrogen) atoms. The average molecular weight is 203 g/mol. The van der Waals surface area contributed by atoms with E-state index in [0.717, 1.165) is 17.1 Å². The molecule has 1 aromatic rings. The Hall–Kier alpha value is -1.51. The van der Waals surface area contributed by atoms with Crippen molar-refractivity contribution >= 4 is 0 Å². The van der Waals surface area contributed by atoms with Gasteiger partial charge in [0.1, 0.15) is 0 Å². The van der Waals surface area contributed by atoms with Gasteiger partial charge < -0.3 is 0 Å². The molecule has 0 spiro atoms. The number of hydrogen-bond acceptors (Lipinski definition) is 2. The van der Waals surface area contributed by atoms with Gasteiger partial charge in [0, 0.05) is 6.20 Å². The van der Waals surface area contributed by atoms with Crippen molar-refractivity contribution < 1.29 is 13.2 Å². The van der Waals surface area contributed by atoms with E-state index < -0.39 is 11.7 Å². The lowest BCUT2D eigenvalue weighted by atomic mass is 10.2. The van der Waals surface area contributed by atoms with Gasteiger partial charge in [0.2, 0.25) is 0 Å². The van der Waals surface area contributed by atoms with Crippen molar-refractivity contribution in [3.8, 4) is 6.07 Å². The third-order valence-electron chi connectivity index (χ3n) is 1.77. The number of halogens is 3. The molecule has 0 amide bonds. The second-order valence-electron chi connectivity index (χ2n) is 2.92. The van der Waals surface area contributed by atoms with E-state index in [1.165, 1.54) is 0 Å². The number of aromatic nitrogens is 2. The highest BCUT2D eigenvalue weighted by molar-refractivity contribution is 5.08. The topological polar surface area (TPSA) is 41.6 Å². The van der Waals surface area contributed by atoms with Crippen LogP contribution in [0.1, 0.15) is 24.9 Å². The van der Waals surface area contributed by atoms with E-state index in [1.54, 1.807) is 6.92 Å². The van der Waals surface area contributed by atoms with Gasteiger partial charge in [-0.15, -0.1) is 0 Å². The van der Waals surface area contributed by atoms with Crippen LogP contribution in [0.15, 0.2) is 12.4 Å². The molecular weight excluding hydrogens is 195 g/mol. The fourth-order valence-electron chi connectivity index (χ4n) is 0.951. The highest BCUT2D eigenvalue weighted by Crippen LogP contribution is 2.29. The van der Waals surface area contributed by atoms with Crippen LogP contribution in [0.5, 0.6) is 0 Å². The minimum atomic E-state index is -4.37. The van der Waals surface area contributed by atoms with Gasteiger partial charge in [-0.3, -0.25) is 4.68 Å². The first kappa shape index (κ1) is 10.6. The van der Waals surface area contributed by atoms with Gasteiger partial charge in [-0.1, -0.05) is 0 Å². The van der Waals surface area contributed by atoms with Crippen LogP contribution in [0, 0.1) is 11.3 Å². The SMILES string of the molecule is CC(CC#N)n1cc(C(F)(F)F)cn1. The van der Waals surface area contributed by atoms with Crippen molar-refractivity contribution in [2.45, 2.75) is 25.6 Å². The standard InChI is InChI=1S/C8H8F3N3/c1-6(2-3-12)14-5-7(4-13-14)8(9,10)11/h4-6H,2H2,1H3. The maximum atomic E-state index is 12.1. The molecule has 1 atom stereocenters. The molecular formula is C8H8F3N3. The Morgan fingerprint density at radius 2 is 2.29 bits per heavy atom. The van der Waals surface area contributed by atoms with Gasteiger partial charge in [-0.05, 0) is 6.92 Å². The van der Waals surface area contributed by atoms with Crippen molar-refractivity contribution in [2.24, 2.45) is 0 Å². The molecule has 1 unspecified atom stereocenters. The predicted molar refractivity (Wildman–Crippen MR) is 42.2 cm³/mol. The first-order valence-electron chi connectivity index (χ1n) is 3.93. The number of nitrogens with zero attached hydrogens (tertiary/aromatic N) is 3. The van der Waals surface area contributed by atoms with Crippen LogP contribution >= 0.6 is 0 Å². The van der Waals surface area contributed by atoms with Gasteiger partial charge in [0.05, 0.1) is 30.3 Å². The van der Waals surface area contributed by atoms with E-state index in [-0.39, 0.29) is 12.5 Å². The molecule has 0 aromatic carbocycles. The second kappa shape index (κ2) is 3.70. The maximum absolute atomic E-state index is 12.1. The summed E-state index contributed by atoms with van der Waals surface area (Å²) in [5.41, 5.74) is -0.790. The molecule has 0 bridgehead atoms. The first-order chi connectivity index (χ1) is 6.45. The number of rotatable bonds is 2.